The molecule has 3 heterocycles. The second-order valence-electron chi connectivity index (χ2n) is 7.68. The van der Waals surface area contributed by atoms with Crippen LogP contribution in [0.15, 0.2) is 24.7 Å². The molecule has 1 aliphatic rings. The molecule has 0 spiro atoms. The smallest absolute Gasteiger partial charge is 0.164 e. The number of fused-ring (bicyclic) bond motifs is 1. The molecule has 9 heteroatoms. The summed E-state index contributed by atoms with van der Waals surface area (Å²) in [4.78, 5) is 10.7. The van der Waals surface area contributed by atoms with Gasteiger partial charge in [-0.05, 0) is 33.0 Å². The Kier molecular flexibility index (Phi) is 5.46. The summed E-state index contributed by atoms with van der Waals surface area (Å²) in [6.45, 7) is 7.47. The van der Waals surface area contributed by atoms with E-state index in [1.54, 1.807) is 17.9 Å². The monoisotopic (exact) mass is 437 g/mol. The molecule has 0 saturated carbocycles. The fourth-order valence-electron chi connectivity index (χ4n) is 4.31. The van der Waals surface area contributed by atoms with Gasteiger partial charge in [-0.2, -0.15) is 10.4 Å². The van der Waals surface area contributed by atoms with E-state index in [4.69, 9.17) is 22.1 Å². The molecule has 0 amide bonds. The summed E-state index contributed by atoms with van der Waals surface area (Å²) in [7, 11) is 1.62. The molecule has 4 rings (SSSR count). The van der Waals surface area contributed by atoms with Crippen molar-refractivity contribution in [2.45, 2.75) is 32.7 Å². The van der Waals surface area contributed by atoms with E-state index in [1.165, 1.54) is 6.33 Å². The minimum atomic E-state index is -0.254. The van der Waals surface area contributed by atoms with E-state index in [0.29, 0.717) is 27.8 Å². The lowest BCUT2D eigenvalue weighted by Gasteiger charge is -2.40. The van der Waals surface area contributed by atoms with E-state index in [1.807, 2.05) is 33.0 Å². The van der Waals surface area contributed by atoms with Gasteiger partial charge < -0.3 is 15.4 Å². The summed E-state index contributed by atoms with van der Waals surface area (Å²) in [6.07, 6.45) is 5.48. The number of aromatic nitrogens is 4. The Balaban J connectivity index is 1.86. The third-order valence-electron chi connectivity index (χ3n) is 5.80. The summed E-state index contributed by atoms with van der Waals surface area (Å²) in [5.41, 5.74) is 9.61. The zero-order valence-electron chi connectivity index (χ0n) is 17.9. The van der Waals surface area contributed by atoms with Gasteiger partial charge in [-0.1, -0.05) is 17.7 Å². The standard InChI is InChI=1S/C22H24ClN7O/c1-5-6-29-9-14(10-29)19-16(8-24)17(23)7-15(20(19)31-4)13(3)30-22-18(12(2)28-30)21(25)26-11-27-22/h5-7,11,13-14H,9-10H2,1-4H3,(H2,25,26,27). The van der Waals surface area contributed by atoms with E-state index in [2.05, 4.69) is 26.0 Å². The quantitative estimate of drug-likeness (QED) is 0.647. The second kappa shape index (κ2) is 8.08. The van der Waals surface area contributed by atoms with Crippen molar-refractivity contribution in [2.24, 2.45) is 0 Å². The average molecular weight is 438 g/mol. The normalized spacial score (nSPS) is 15.3. The van der Waals surface area contributed by atoms with Crippen LogP contribution in [-0.4, -0.2) is 44.8 Å². The van der Waals surface area contributed by atoms with Crippen molar-refractivity contribution in [3.05, 3.63) is 52.1 Å². The third kappa shape index (κ3) is 3.35. The number of ether oxygens (including phenoxy) is 1. The lowest BCUT2D eigenvalue weighted by atomic mass is 9.85. The lowest BCUT2D eigenvalue weighted by Crippen LogP contribution is -2.41. The fourth-order valence-corrected chi connectivity index (χ4v) is 4.57. The van der Waals surface area contributed by atoms with Crippen LogP contribution in [0.4, 0.5) is 5.82 Å². The zero-order valence-corrected chi connectivity index (χ0v) is 18.7. The molecule has 2 N–H and O–H groups in total. The first-order valence-corrected chi connectivity index (χ1v) is 10.4. The number of hydrogen-bond acceptors (Lipinski definition) is 7. The molecule has 31 heavy (non-hydrogen) atoms. The first-order chi connectivity index (χ1) is 14.9. The summed E-state index contributed by atoms with van der Waals surface area (Å²) < 4.78 is 7.67. The van der Waals surface area contributed by atoms with Crippen molar-refractivity contribution in [1.82, 2.24) is 24.6 Å². The highest BCUT2D eigenvalue weighted by Crippen LogP contribution is 2.44. The van der Waals surface area contributed by atoms with Crippen LogP contribution in [0.25, 0.3) is 11.0 Å². The van der Waals surface area contributed by atoms with Crippen molar-refractivity contribution in [1.29, 1.82) is 5.26 Å². The number of nitriles is 1. The topological polar surface area (TPSA) is 106 Å². The molecule has 8 nitrogen and oxygen atoms in total. The number of rotatable bonds is 5. The molecule has 1 saturated heterocycles. The Hall–Kier alpha value is -3.31. The molecular weight excluding hydrogens is 414 g/mol. The summed E-state index contributed by atoms with van der Waals surface area (Å²) >= 11 is 6.59. The predicted molar refractivity (Wildman–Crippen MR) is 120 cm³/mol. The van der Waals surface area contributed by atoms with E-state index in [-0.39, 0.29) is 12.0 Å². The fraction of sp³-hybridized carbons (Fsp3) is 0.364. The largest absolute Gasteiger partial charge is 0.496 e. The van der Waals surface area contributed by atoms with Gasteiger partial charge >= 0.3 is 0 Å². The van der Waals surface area contributed by atoms with Crippen molar-refractivity contribution in [2.75, 3.05) is 25.9 Å². The van der Waals surface area contributed by atoms with E-state index < -0.39 is 0 Å². The van der Waals surface area contributed by atoms with Gasteiger partial charge in [0, 0.05) is 30.1 Å². The molecule has 1 aromatic carbocycles. The number of likely N-dealkylation sites (tertiary alicyclic amines) is 1. The second-order valence-corrected chi connectivity index (χ2v) is 8.09. The molecule has 1 unspecified atom stereocenters. The molecule has 1 atom stereocenters. The number of nitrogen functional groups attached to an aromatic ring is 1. The van der Waals surface area contributed by atoms with Gasteiger partial charge in [-0.25, -0.2) is 14.6 Å². The predicted octanol–water partition coefficient (Wildman–Crippen LogP) is 3.79. The van der Waals surface area contributed by atoms with Gasteiger partial charge in [0.25, 0.3) is 0 Å². The van der Waals surface area contributed by atoms with Crippen LogP contribution in [0.3, 0.4) is 0 Å². The maximum absolute atomic E-state index is 9.81. The molecule has 0 radical (unpaired) electrons. The Labute approximate surface area is 185 Å². The van der Waals surface area contributed by atoms with Gasteiger partial charge in [0.15, 0.2) is 5.65 Å². The Morgan fingerprint density at radius 1 is 1.39 bits per heavy atom. The van der Waals surface area contributed by atoms with Gasteiger partial charge in [-0.15, -0.1) is 0 Å². The number of halogens is 1. The lowest BCUT2D eigenvalue weighted by molar-refractivity contribution is 0.215. The van der Waals surface area contributed by atoms with Gasteiger partial charge in [0.2, 0.25) is 0 Å². The number of methoxy groups -OCH3 is 1. The first kappa shape index (κ1) is 20.9. The summed E-state index contributed by atoms with van der Waals surface area (Å²) in [5.74, 6) is 1.21. The highest BCUT2D eigenvalue weighted by atomic mass is 35.5. The number of nitrogens with two attached hydrogens (primary N) is 1. The highest BCUT2D eigenvalue weighted by Gasteiger charge is 2.34. The summed E-state index contributed by atoms with van der Waals surface area (Å²) in [5, 5.41) is 15.6. The minimum absolute atomic E-state index is 0.152. The van der Waals surface area contributed by atoms with Gasteiger partial charge in [0.1, 0.15) is 24.0 Å². The van der Waals surface area contributed by atoms with Crippen LogP contribution in [-0.2, 0) is 0 Å². The maximum Gasteiger partial charge on any atom is 0.164 e. The highest BCUT2D eigenvalue weighted by molar-refractivity contribution is 6.32. The van der Waals surface area contributed by atoms with E-state index >= 15 is 0 Å². The Morgan fingerprint density at radius 2 is 2.13 bits per heavy atom. The molecule has 3 aromatic rings. The molecule has 2 aromatic heterocycles. The number of aryl methyl sites for hydroxylation is 1. The van der Waals surface area contributed by atoms with Crippen LogP contribution < -0.4 is 10.5 Å². The van der Waals surface area contributed by atoms with E-state index in [9.17, 15) is 5.26 Å². The molecular formula is C22H24ClN7O. The SMILES string of the molecule is CC=CN1CC(c2c(C#N)c(Cl)cc(C(C)n3nc(C)c4c(N)ncnc43)c2OC)C1. The van der Waals surface area contributed by atoms with Crippen LogP contribution in [0, 0.1) is 18.3 Å². The number of nitrogens with zero attached hydrogens (tertiary/aromatic N) is 6. The van der Waals surface area contributed by atoms with Crippen molar-refractivity contribution < 1.29 is 4.74 Å². The van der Waals surface area contributed by atoms with Crippen LogP contribution in [0.5, 0.6) is 5.75 Å². The Morgan fingerprint density at radius 3 is 2.77 bits per heavy atom. The number of anilines is 1. The summed E-state index contributed by atoms with van der Waals surface area (Å²) in [6, 6.07) is 3.81. The molecule has 1 aliphatic heterocycles. The van der Waals surface area contributed by atoms with Crippen LogP contribution in [0.1, 0.15) is 48.2 Å². The third-order valence-corrected chi connectivity index (χ3v) is 6.10. The van der Waals surface area contributed by atoms with Gasteiger partial charge in [0.05, 0.1) is 34.8 Å². The van der Waals surface area contributed by atoms with Crippen molar-refractivity contribution in [3.63, 3.8) is 0 Å². The van der Waals surface area contributed by atoms with Crippen LogP contribution >= 0.6 is 11.6 Å². The maximum atomic E-state index is 9.81. The number of allylic oxidation sites excluding steroid dienone is 1. The molecule has 160 valence electrons. The minimum Gasteiger partial charge on any atom is -0.496 e. The van der Waals surface area contributed by atoms with Crippen LogP contribution in [0.2, 0.25) is 5.02 Å². The Bertz CT molecular complexity index is 1220. The van der Waals surface area contributed by atoms with Crippen molar-refractivity contribution in [3.8, 4) is 11.8 Å². The number of benzene rings is 1. The van der Waals surface area contributed by atoms with E-state index in [0.717, 1.165) is 35.3 Å². The molecule has 0 bridgehead atoms. The average Bonchev–Trinajstić information content (AvgIpc) is 3.07. The first-order valence-electron chi connectivity index (χ1n) is 10.0. The zero-order chi connectivity index (χ0) is 22.3. The number of hydrogen-bond donors (Lipinski definition) is 1. The van der Waals surface area contributed by atoms with Crippen molar-refractivity contribution >= 4 is 28.5 Å². The van der Waals surface area contributed by atoms with Gasteiger partial charge in [-0.3, -0.25) is 0 Å². The molecule has 1 fully saturated rings. The molecule has 0 aliphatic carbocycles.